The SMILES string of the molecule is COC(=O)C12CCC(c3ccc([N+](=O)[O-])cc31)c1ccc([N+](=O)[O-])cc12. The molecule has 0 atom stereocenters. The van der Waals surface area contributed by atoms with Crippen molar-refractivity contribution in [2.24, 2.45) is 0 Å². The summed E-state index contributed by atoms with van der Waals surface area (Å²) in [5.41, 5.74) is 1.22. The number of nitro groups is 2. The van der Waals surface area contributed by atoms with E-state index in [9.17, 15) is 25.0 Å². The molecule has 0 amide bonds. The van der Waals surface area contributed by atoms with Crippen LogP contribution in [0.2, 0.25) is 0 Å². The molecule has 3 aliphatic carbocycles. The Morgan fingerprint density at radius 3 is 1.96 bits per heavy atom. The molecule has 5 rings (SSSR count). The first kappa shape index (κ1) is 16.2. The van der Waals surface area contributed by atoms with E-state index in [0.717, 1.165) is 11.1 Å². The van der Waals surface area contributed by atoms with Gasteiger partial charge in [0, 0.05) is 30.2 Å². The topological polar surface area (TPSA) is 113 Å². The number of ether oxygens (including phenoxy) is 1. The van der Waals surface area contributed by atoms with Crippen LogP contribution < -0.4 is 0 Å². The van der Waals surface area contributed by atoms with Gasteiger partial charge in [-0.15, -0.1) is 0 Å². The number of benzene rings is 2. The number of hydrogen-bond acceptors (Lipinski definition) is 6. The number of esters is 1. The van der Waals surface area contributed by atoms with Crippen LogP contribution >= 0.6 is 0 Å². The van der Waals surface area contributed by atoms with Gasteiger partial charge in [0.2, 0.25) is 0 Å². The number of hydrogen-bond donors (Lipinski definition) is 0. The van der Waals surface area contributed by atoms with Crippen molar-refractivity contribution in [3.8, 4) is 0 Å². The summed E-state index contributed by atoms with van der Waals surface area (Å²) in [7, 11) is 1.26. The van der Waals surface area contributed by atoms with E-state index in [1.807, 2.05) is 0 Å². The summed E-state index contributed by atoms with van der Waals surface area (Å²) in [5.74, 6) is -0.604. The largest absolute Gasteiger partial charge is 0.468 e. The zero-order chi connectivity index (χ0) is 18.6. The van der Waals surface area contributed by atoms with Crippen molar-refractivity contribution in [2.75, 3.05) is 7.11 Å². The van der Waals surface area contributed by atoms with Crippen molar-refractivity contribution < 1.29 is 19.4 Å². The summed E-state index contributed by atoms with van der Waals surface area (Å²) in [6.45, 7) is 0. The number of rotatable bonds is 3. The Bertz CT molecular complexity index is 918. The Morgan fingerprint density at radius 1 is 1.04 bits per heavy atom. The second-order valence-electron chi connectivity index (χ2n) is 6.55. The molecule has 0 saturated heterocycles. The van der Waals surface area contributed by atoms with E-state index in [0.29, 0.717) is 24.0 Å². The van der Waals surface area contributed by atoms with E-state index in [2.05, 4.69) is 0 Å². The van der Waals surface area contributed by atoms with Crippen molar-refractivity contribution >= 4 is 17.3 Å². The van der Waals surface area contributed by atoms with E-state index >= 15 is 0 Å². The quantitative estimate of drug-likeness (QED) is 0.475. The van der Waals surface area contributed by atoms with E-state index < -0.39 is 21.2 Å². The van der Waals surface area contributed by atoms with Gasteiger partial charge in [0.15, 0.2) is 0 Å². The Balaban J connectivity index is 2.06. The van der Waals surface area contributed by atoms with Gasteiger partial charge in [0.25, 0.3) is 11.4 Å². The molecule has 2 bridgehead atoms. The molecule has 8 nitrogen and oxygen atoms in total. The van der Waals surface area contributed by atoms with Crippen LogP contribution in [0.25, 0.3) is 0 Å². The van der Waals surface area contributed by atoms with Crippen LogP contribution in [0.3, 0.4) is 0 Å². The molecule has 0 radical (unpaired) electrons. The van der Waals surface area contributed by atoms with E-state index in [-0.39, 0.29) is 17.3 Å². The molecule has 0 heterocycles. The lowest BCUT2D eigenvalue weighted by Crippen LogP contribution is -2.46. The van der Waals surface area contributed by atoms with E-state index in [4.69, 9.17) is 4.74 Å². The van der Waals surface area contributed by atoms with Crippen LogP contribution in [0.15, 0.2) is 36.4 Å². The smallest absolute Gasteiger partial charge is 0.320 e. The fourth-order valence-electron chi connectivity index (χ4n) is 4.41. The Hall–Kier alpha value is -3.29. The summed E-state index contributed by atoms with van der Waals surface area (Å²) >= 11 is 0. The zero-order valence-corrected chi connectivity index (χ0v) is 13.8. The summed E-state index contributed by atoms with van der Waals surface area (Å²) in [6, 6.07) is 9.02. The number of methoxy groups -OCH3 is 1. The molecule has 0 aliphatic heterocycles. The van der Waals surface area contributed by atoms with Crippen LogP contribution in [-0.4, -0.2) is 22.9 Å². The molecule has 0 saturated carbocycles. The molecule has 0 unspecified atom stereocenters. The van der Waals surface area contributed by atoms with Crippen molar-refractivity contribution in [1.82, 2.24) is 0 Å². The van der Waals surface area contributed by atoms with Crippen molar-refractivity contribution in [2.45, 2.75) is 24.2 Å². The maximum atomic E-state index is 12.9. The molecular formula is C18H14N2O6. The molecule has 2 aromatic carbocycles. The zero-order valence-electron chi connectivity index (χ0n) is 13.8. The highest BCUT2D eigenvalue weighted by Gasteiger charge is 2.55. The van der Waals surface area contributed by atoms with Gasteiger partial charge in [0.05, 0.1) is 17.0 Å². The molecule has 0 aromatic heterocycles. The van der Waals surface area contributed by atoms with Crippen molar-refractivity contribution in [1.29, 1.82) is 0 Å². The minimum Gasteiger partial charge on any atom is -0.468 e. The molecular weight excluding hydrogens is 340 g/mol. The lowest BCUT2D eigenvalue weighted by Gasteiger charge is -2.47. The van der Waals surface area contributed by atoms with Gasteiger partial charge in [-0.05, 0) is 35.1 Å². The second-order valence-corrected chi connectivity index (χ2v) is 6.55. The van der Waals surface area contributed by atoms with Crippen molar-refractivity contribution in [3.05, 3.63) is 78.9 Å². The highest BCUT2D eigenvalue weighted by atomic mass is 16.6. The average Bonchev–Trinajstić information content (AvgIpc) is 2.66. The van der Waals surface area contributed by atoms with Gasteiger partial charge in [-0.25, -0.2) is 0 Å². The Labute approximate surface area is 147 Å². The van der Waals surface area contributed by atoms with Gasteiger partial charge >= 0.3 is 5.97 Å². The summed E-state index contributed by atoms with van der Waals surface area (Å²) < 4.78 is 5.04. The number of carbonyl (C=O) groups is 1. The Morgan fingerprint density at radius 2 is 1.54 bits per heavy atom. The van der Waals surface area contributed by atoms with E-state index in [1.165, 1.54) is 31.4 Å². The average molecular weight is 354 g/mol. The number of carbonyl (C=O) groups excluding carboxylic acids is 1. The maximum absolute atomic E-state index is 12.9. The van der Waals surface area contributed by atoms with Crippen molar-refractivity contribution in [3.63, 3.8) is 0 Å². The third-order valence-electron chi connectivity index (χ3n) is 5.51. The Kier molecular flexibility index (Phi) is 3.33. The second kappa shape index (κ2) is 5.35. The van der Waals surface area contributed by atoms with Crippen LogP contribution in [0, 0.1) is 20.2 Å². The molecule has 132 valence electrons. The molecule has 8 heteroatoms. The lowest BCUT2D eigenvalue weighted by molar-refractivity contribution is -0.385. The molecule has 0 spiro atoms. The van der Waals surface area contributed by atoms with Gasteiger partial charge in [-0.2, -0.15) is 0 Å². The molecule has 0 N–H and O–H groups in total. The first-order chi connectivity index (χ1) is 12.4. The predicted octanol–water partition coefficient (Wildman–Crippen LogP) is 3.20. The fourth-order valence-corrected chi connectivity index (χ4v) is 4.41. The van der Waals surface area contributed by atoms with Crippen LogP contribution in [-0.2, 0) is 14.9 Å². The first-order valence-corrected chi connectivity index (χ1v) is 8.06. The third kappa shape index (κ3) is 1.92. The number of non-ortho nitro benzene ring substituents is 2. The normalized spacial score (nSPS) is 22.3. The monoisotopic (exact) mass is 354 g/mol. The summed E-state index contributed by atoms with van der Waals surface area (Å²) in [6.07, 6.45) is 1.07. The van der Waals surface area contributed by atoms with Gasteiger partial charge in [0.1, 0.15) is 5.41 Å². The van der Waals surface area contributed by atoms with Crippen LogP contribution in [0.1, 0.15) is 41.0 Å². The molecule has 3 aliphatic rings. The van der Waals surface area contributed by atoms with Crippen LogP contribution in [0.4, 0.5) is 11.4 Å². The standard InChI is InChI=1S/C18H14N2O6/c1-26-17(21)18-7-6-12(13-4-2-10(19(22)23)8-15(13)18)14-5-3-11(20(24)25)9-16(14)18/h2-5,8-9,12H,6-7H2,1H3. The number of nitrogens with zero attached hydrogens (tertiary/aromatic N) is 2. The minimum atomic E-state index is -1.26. The predicted molar refractivity (Wildman–Crippen MR) is 90.1 cm³/mol. The lowest BCUT2D eigenvalue weighted by atomic mass is 9.55. The molecule has 2 aromatic rings. The summed E-state index contributed by atoms with van der Waals surface area (Å²) in [5, 5.41) is 22.5. The highest BCUT2D eigenvalue weighted by Crippen LogP contribution is 2.57. The number of fused-ring (bicyclic) bond motifs is 1. The maximum Gasteiger partial charge on any atom is 0.320 e. The van der Waals surface area contributed by atoms with Crippen LogP contribution in [0.5, 0.6) is 0 Å². The highest BCUT2D eigenvalue weighted by molar-refractivity contribution is 5.91. The van der Waals surface area contributed by atoms with Gasteiger partial charge in [-0.3, -0.25) is 25.0 Å². The third-order valence-corrected chi connectivity index (χ3v) is 5.51. The number of nitro benzene ring substituents is 2. The molecule has 0 fully saturated rings. The minimum absolute atomic E-state index is 0.0480. The first-order valence-electron chi connectivity index (χ1n) is 8.06. The fraction of sp³-hybridized carbons (Fsp3) is 0.278. The van der Waals surface area contributed by atoms with Gasteiger partial charge in [-0.1, -0.05) is 12.1 Å². The van der Waals surface area contributed by atoms with E-state index in [1.54, 1.807) is 12.1 Å². The summed E-state index contributed by atoms with van der Waals surface area (Å²) in [4.78, 5) is 34.3. The van der Waals surface area contributed by atoms with Gasteiger partial charge < -0.3 is 4.74 Å². The molecule has 26 heavy (non-hydrogen) atoms.